The van der Waals surface area contributed by atoms with Gasteiger partial charge >= 0.3 is 0 Å². The third-order valence-corrected chi connectivity index (χ3v) is 3.85. The van der Waals surface area contributed by atoms with E-state index in [9.17, 15) is 9.90 Å². The lowest BCUT2D eigenvalue weighted by Crippen LogP contribution is -2.34. The van der Waals surface area contributed by atoms with E-state index in [0.29, 0.717) is 11.4 Å². The maximum Gasteiger partial charge on any atom is 0.224 e. The molecule has 3 nitrogen and oxygen atoms in total. The number of benzene rings is 2. The Labute approximate surface area is 135 Å². The molecular weight excluding hydrogens is 298 g/mol. The standard InChI is InChI=1S/C18H20ClNO2/c1-13(11-17(21)14-7-3-2-4-8-14)20-18(22)12-15-9-5-6-10-16(15)19/h2-10,13,17,21H,11-12H2,1H3,(H,20,22). The second-order valence-electron chi connectivity index (χ2n) is 5.40. The van der Waals surface area contributed by atoms with Crippen LogP contribution in [0.3, 0.4) is 0 Å². The molecule has 2 atom stereocenters. The average Bonchev–Trinajstić information content (AvgIpc) is 2.50. The molecule has 2 aromatic rings. The number of amides is 1. The van der Waals surface area contributed by atoms with Gasteiger partial charge in [0.15, 0.2) is 0 Å². The van der Waals surface area contributed by atoms with Crippen LogP contribution in [0.1, 0.15) is 30.6 Å². The predicted octanol–water partition coefficient (Wildman–Crippen LogP) is 3.51. The predicted molar refractivity (Wildman–Crippen MR) is 88.8 cm³/mol. The van der Waals surface area contributed by atoms with Crippen molar-refractivity contribution in [1.82, 2.24) is 5.32 Å². The maximum absolute atomic E-state index is 12.0. The topological polar surface area (TPSA) is 49.3 Å². The van der Waals surface area contributed by atoms with Crippen molar-refractivity contribution < 1.29 is 9.90 Å². The molecule has 0 bridgehead atoms. The summed E-state index contributed by atoms with van der Waals surface area (Å²) in [5, 5.41) is 13.7. The van der Waals surface area contributed by atoms with Gasteiger partial charge in [-0.05, 0) is 30.5 Å². The lowest BCUT2D eigenvalue weighted by atomic mass is 10.0. The fraction of sp³-hybridized carbons (Fsp3) is 0.278. The van der Waals surface area contributed by atoms with Gasteiger partial charge in [0.25, 0.3) is 0 Å². The largest absolute Gasteiger partial charge is 0.388 e. The summed E-state index contributed by atoms with van der Waals surface area (Å²) in [6.07, 6.45) is 0.126. The van der Waals surface area contributed by atoms with Crippen molar-refractivity contribution in [2.75, 3.05) is 0 Å². The van der Waals surface area contributed by atoms with Crippen LogP contribution in [0, 0.1) is 0 Å². The first-order valence-corrected chi connectivity index (χ1v) is 7.70. The van der Waals surface area contributed by atoms with Crippen LogP contribution >= 0.6 is 11.6 Å². The summed E-state index contributed by atoms with van der Waals surface area (Å²) in [6.45, 7) is 1.89. The normalized spacial score (nSPS) is 13.4. The van der Waals surface area contributed by atoms with Crippen molar-refractivity contribution in [3.63, 3.8) is 0 Å². The highest BCUT2D eigenvalue weighted by molar-refractivity contribution is 6.31. The van der Waals surface area contributed by atoms with Crippen LogP contribution in [0.2, 0.25) is 5.02 Å². The van der Waals surface area contributed by atoms with Crippen LogP contribution in [0.15, 0.2) is 54.6 Å². The Morgan fingerprint density at radius 3 is 2.45 bits per heavy atom. The summed E-state index contributed by atoms with van der Waals surface area (Å²) in [5.41, 5.74) is 1.66. The van der Waals surface area contributed by atoms with Gasteiger partial charge in [-0.3, -0.25) is 4.79 Å². The minimum atomic E-state index is -0.586. The van der Waals surface area contributed by atoms with Crippen LogP contribution in [-0.2, 0) is 11.2 Å². The minimum Gasteiger partial charge on any atom is -0.388 e. The zero-order valence-electron chi connectivity index (χ0n) is 12.5. The molecular formula is C18H20ClNO2. The molecule has 0 aliphatic rings. The second kappa shape index (κ2) is 7.97. The summed E-state index contributed by atoms with van der Waals surface area (Å²) >= 11 is 6.05. The molecule has 4 heteroatoms. The number of rotatable bonds is 6. The molecule has 2 N–H and O–H groups in total. The number of aliphatic hydroxyl groups excluding tert-OH is 1. The van der Waals surface area contributed by atoms with Crippen LogP contribution in [0.5, 0.6) is 0 Å². The average molecular weight is 318 g/mol. The van der Waals surface area contributed by atoms with E-state index >= 15 is 0 Å². The summed E-state index contributed by atoms with van der Waals surface area (Å²) in [4.78, 5) is 12.0. The maximum atomic E-state index is 12.0. The van der Waals surface area contributed by atoms with Crippen LogP contribution in [0.4, 0.5) is 0 Å². The third kappa shape index (κ3) is 4.86. The molecule has 0 fully saturated rings. The van der Waals surface area contributed by atoms with Gasteiger partial charge < -0.3 is 10.4 Å². The first-order valence-electron chi connectivity index (χ1n) is 7.32. The monoisotopic (exact) mass is 317 g/mol. The fourth-order valence-electron chi connectivity index (χ4n) is 2.35. The molecule has 1 amide bonds. The van der Waals surface area contributed by atoms with Crippen LogP contribution < -0.4 is 5.32 Å². The van der Waals surface area contributed by atoms with E-state index in [2.05, 4.69) is 5.32 Å². The summed E-state index contributed by atoms with van der Waals surface area (Å²) in [6, 6.07) is 16.6. The quantitative estimate of drug-likeness (QED) is 0.856. The van der Waals surface area contributed by atoms with Crippen molar-refractivity contribution in [2.45, 2.75) is 31.9 Å². The number of hydrogen-bond acceptors (Lipinski definition) is 2. The van der Waals surface area contributed by atoms with Crippen molar-refractivity contribution in [3.8, 4) is 0 Å². The van der Waals surface area contributed by atoms with E-state index in [1.165, 1.54) is 0 Å². The Balaban J connectivity index is 1.85. The van der Waals surface area contributed by atoms with Gasteiger partial charge in [-0.25, -0.2) is 0 Å². The molecule has 0 saturated carbocycles. The molecule has 22 heavy (non-hydrogen) atoms. The highest BCUT2D eigenvalue weighted by Crippen LogP contribution is 2.18. The highest BCUT2D eigenvalue weighted by atomic mass is 35.5. The van der Waals surface area contributed by atoms with Crippen molar-refractivity contribution in [2.24, 2.45) is 0 Å². The first kappa shape index (κ1) is 16.5. The third-order valence-electron chi connectivity index (χ3n) is 3.48. The van der Waals surface area contributed by atoms with Crippen LogP contribution in [-0.4, -0.2) is 17.1 Å². The molecule has 2 rings (SSSR count). The van der Waals surface area contributed by atoms with E-state index in [0.717, 1.165) is 11.1 Å². The van der Waals surface area contributed by atoms with Gasteiger partial charge in [-0.2, -0.15) is 0 Å². The van der Waals surface area contributed by atoms with Crippen LogP contribution in [0.25, 0.3) is 0 Å². The molecule has 0 heterocycles. The van der Waals surface area contributed by atoms with Gasteiger partial charge in [-0.1, -0.05) is 60.1 Å². The van der Waals surface area contributed by atoms with Crippen molar-refractivity contribution in [1.29, 1.82) is 0 Å². The molecule has 2 aromatic carbocycles. The summed E-state index contributed by atoms with van der Waals surface area (Å²) in [7, 11) is 0. The van der Waals surface area contributed by atoms with E-state index in [1.807, 2.05) is 55.5 Å². The number of hydrogen-bond donors (Lipinski definition) is 2. The fourth-order valence-corrected chi connectivity index (χ4v) is 2.55. The van der Waals surface area contributed by atoms with Gasteiger partial charge in [0.1, 0.15) is 0 Å². The Bertz CT molecular complexity index is 615. The van der Waals surface area contributed by atoms with E-state index < -0.39 is 6.10 Å². The first-order chi connectivity index (χ1) is 10.6. The molecule has 0 aliphatic carbocycles. The summed E-state index contributed by atoms with van der Waals surface area (Å²) in [5.74, 6) is -0.0964. The number of aliphatic hydroxyl groups is 1. The van der Waals surface area contributed by atoms with Gasteiger partial charge in [0.05, 0.1) is 12.5 Å². The molecule has 2 unspecified atom stereocenters. The Morgan fingerprint density at radius 2 is 1.77 bits per heavy atom. The Hall–Kier alpha value is -1.84. The molecule has 0 aromatic heterocycles. The second-order valence-corrected chi connectivity index (χ2v) is 5.81. The Morgan fingerprint density at radius 1 is 1.14 bits per heavy atom. The van der Waals surface area contributed by atoms with Gasteiger partial charge in [0.2, 0.25) is 5.91 Å². The highest BCUT2D eigenvalue weighted by Gasteiger charge is 2.15. The molecule has 0 radical (unpaired) electrons. The molecule has 116 valence electrons. The summed E-state index contributed by atoms with van der Waals surface area (Å²) < 4.78 is 0. The van der Waals surface area contributed by atoms with E-state index in [4.69, 9.17) is 11.6 Å². The van der Waals surface area contributed by atoms with E-state index in [-0.39, 0.29) is 18.4 Å². The lowest BCUT2D eigenvalue weighted by molar-refractivity contribution is -0.121. The minimum absolute atomic E-state index is 0.0964. The molecule has 0 aliphatic heterocycles. The zero-order chi connectivity index (χ0) is 15.9. The van der Waals surface area contributed by atoms with Crippen molar-refractivity contribution in [3.05, 3.63) is 70.7 Å². The Kier molecular flexibility index (Phi) is 5.99. The van der Waals surface area contributed by atoms with E-state index in [1.54, 1.807) is 6.07 Å². The number of carbonyl (C=O) groups is 1. The number of nitrogens with one attached hydrogen (secondary N) is 1. The van der Waals surface area contributed by atoms with Crippen molar-refractivity contribution >= 4 is 17.5 Å². The molecule has 0 saturated heterocycles. The smallest absolute Gasteiger partial charge is 0.224 e. The van der Waals surface area contributed by atoms with Gasteiger partial charge in [0, 0.05) is 11.1 Å². The lowest BCUT2D eigenvalue weighted by Gasteiger charge is -2.18. The zero-order valence-corrected chi connectivity index (χ0v) is 13.3. The number of carbonyl (C=O) groups excluding carboxylic acids is 1. The van der Waals surface area contributed by atoms with Gasteiger partial charge in [-0.15, -0.1) is 0 Å². The number of halogens is 1. The SMILES string of the molecule is CC(CC(O)c1ccccc1)NC(=O)Cc1ccccc1Cl. The molecule has 0 spiro atoms.